The van der Waals surface area contributed by atoms with E-state index in [-0.39, 0.29) is 17.1 Å². The van der Waals surface area contributed by atoms with E-state index in [9.17, 15) is 17.2 Å². The van der Waals surface area contributed by atoms with Crippen LogP contribution in [0.5, 0.6) is 5.75 Å². The number of hydrogen-bond donors (Lipinski definition) is 0. The van der Waals surface area contributed by atoms with Gasteiger partial charge < -0.3 is 4.74 Å². The highest BCUT2D eigenvalue weighted by atomic mass is 79.9. The summed E-state index contributed by atoms with van der Waals surface area (Å²) in [6.45, 7) is 3.32. The Labute approximate surface area is 147 Å². The smallest absolute Gasteiger partial charge is 0.264 e. The molecule has 0 fully saturated rings. The molecule has 0 aliphatic heterocycles. The summed E-state index contributed by atoms with van der Waals surface area (Å²) in [5.41, 5.74) is -0.261. The van der Waals surface area contributed by atoms with Crippen LogP contribution in [0.2, 0.25) is 0 Å². The SMILES string of the molecule is C=CCN(c1ccc(F)cc1F)S(=O)(=O)c1ccc(OC)c(Br)c1. The van der Waals surface area contributed by atoms with E-state index in [1.165, 1.54) is 31.4 Å². The molecule has 0 saturated carbocycles. The molecular weight excluding hydrogens is 404 g/mol. The van der Waals surface area contributed by atoms with Gasteiger partial charge in [0.15, 0.2) is 0 Å². The van der Waals surface area contributed by atoms with Crippen molar-refractivity contribution in [3.05, 3.63) is 65.2 Å². The first-order chi connectivity index (χ1) is 11.3. The Morgan fingerprint density at radius 1 is 1.25 bits per heavy atom. The van der Waals surface area contributed by atoms with Crippen LogP contribution in [0.15, 0.2) is 58.4 Å². The van der Waals surface area contributed by atoms with Crippen LogP contribution in [0.25, 0.3) is 0 Å². The second kappa shape index (κ2) is 7.31. The first kappa shape index (κ1) is 18.4. The second-order valence-electron chi connectivity index (χ2n) is 4.72. The van der Waals surface area contributed by atoms with Gasteiger partial charge in [-0.25, -0.2) is 17.2 Å². The molecule has 8 heteroatoms. The molecule has 2 aromatic carbocycles. The van der Waals surface area contributed by atoms with E-state index < -0.39 is 21.7 Å². The molecular formula is C16H14BrF2NO3S. The van der Waals surface area contributed by atoms with Crippen LogP contribution in [0, 0.1) is 11.6 Å². The number of benzene rings is 2. The number of methoxy groups -OCH3 is 1. The van der Waals surface area contributed by atoms with Crippen molar-refractivity contribution in [2.75, 3.05) is 18.0 Å². The Hall–Kier alpha value is -1.93. The average Bonchev–Trinajstić information content (AvgIpc) is 2.53. The van der Waals surface area contributed by atoms with Gasteiger partial charge in [-0.1, -0.05) is 6.08 Å². The van der Waals surface area contributed by atoms with Crippen molar-refractivity contribution in [1.82, 2.24) is 0 Å². The molecule has 0 bridgehead atoms. The Bertz CT molecular complexity index is 872. The van der Waals surface area contributed by atoms with Crippen molar-refractivity contribution in [1.29, 1.82) is 0 Å². The summed E-state index contributed by atoms with van der Waals surface area (Å²) < 4.78 is 59.2. The van der Waals surface area contributed by atoms with E-state index in [0.29, 0.717) is 16.3 Å². The maximum atomic E-state index is 14.1. The van der Waals surface area contributed by atoms with Crippen LogP contribution in [0.1, 0.15) is 0 Å². The predicted molar refractivity (Wildman–Crippen MR) is 91.8 cm³/mol. The number of rotatable bonds is 6. The minimum absolute atomic E-state index is 0.0687. The van der Waals surface area contributed by atoms with Crippen LogP contribution in [-0.4, -0.2) is 22.1 Å². The predicted octanol–water partition coefficient (Wildman–Crippen LogP) is 4.12. The van der Waals surface area contributed by atoms with Crippen LogP contribution in [0.3, 0.4) is 0 Å². The monoisotopic (exact) mass is 417 g/mol. The minimum Gasteiger partial charge on any atom is -0.496 e. The van der Waals surface area contributed by atoms with Crippen LogP contribution in [0.4, 0.5) is 14.5 Å². The van der Waals surface area contributed by atoms with Crippen molar-refractivity contribution in [2.45, 2.75) is 4.90 Å². The van der Waals surface area contributed by atoms with E-state index in [2.05, 4.69) is 22.5 Å². The quantitative estimate of drug-likeness (QED) is 0.664. The Kier molecular flexibility index (Phi) is 5.61. The molecule has 0 heterocycles. The van der Waals surface area contributed by atoms with E-state index in [1.807, 2.05) is 0 Å². The average molecular weight is 418 g/mol. The van der Waals surface area contributed by atoms with Gasteiger partial charge >= 0.3 is 0 Å². The van der Waals surface area contributed by atoms with Crippen LogP contribution >= 0.6 is 15.9 Å². The molecule has 0 aliphatic rings. The number of anilines is 1. The fourth-order valence-corrected chi connectivity index (χ4v) is 4.22. The molecule has 0 saturated heterocycles. The summed E-state index contributed by atoms with van der Waals surface area (Å²) >= 11 is 3.22. The maximum absolute atomic E-state index is 14.1. The van der Waals surface area contributed by atoms with Crippen LogP contribution in [-0.2, 0) is 10.0 Å². The molecule has 2 aromatic rings. The lowest BCUT2D eigenvalue weighted by Gasteiger charge is -2.24. The zero-order chi connectivity index (χ0) is 17.9. The van der Waals surface area contributed by atoms with Gasteiger partial charge in [-0.2, -0.15) is 0 Å². The molecule has 0 aromatic heterocycles. The summed E-state index contributed by atoms with van der Waals surface area (Å²) in [6.07, 6.45) is 1.32. The van der Waals surface area contributed by atoms with Crippen molar-refractivity contribution in [3.8, 4) is 5.75 Å². The summed E-state index contributed by atoms with van der Waals surface area (Å²) in [4.78, 5) is -0.0687. The van der Waals surface area contributed by atoms with Gasteiger partial charge in [0.25, 0.3) is 10.0 Å². The largest absolute Gasteiger partial charge is 0.496 e. The van der Waals surface area contributed by atoms with Gasteiger partial charge in [-0.15, -0.1) is 6.58 Å². The van der Waals surface area contributed by atoms with Gasteiger partial charge in [-0.05, 0) is 46.3 Å². The first-order valence-corrected chi connectivity index (χ1v) is 8.96. The molecule has 0 spiro atoms. The van der Waals surface area contributed by atoms with Gasteiger partial charge in [0.05, 0.1) is 28.7 Å². The van der Waals surface area contributed by atoms with Gasteiger partial charge in [0.1, 0.15) is 17.4 Å². The number of sulfonamides is 1. The minimum atomic E-state index is -4.09. The molecule has 0 aliphatic carbocycles. The highest BCUT2D eigenvalue weighted by Gasteiger charge is 2.27. The van der Waals surface area contributed by atoms with E-state index in [1.54, 1.807) is 0 Å². The molecule has 0 amide bonds. The lowest BCUT2D eigenvalue weighted by atomic mass is 10.3. The van der Waals surface area contributed by atoms with E-state index >= 15 is 0 Å². The summed E-state index contributed by atoms with van der Waals surface area (Å²) in [5, 5.41) is 0. The van der Waals surface area contributed by atoms with Crippen molar-refractivity contribution in [2.24, 2.45) is 0 Å². The number of ether oxygens (including phenoxy) is 1. The Morgan fingerprint density at radius 2 is 1.96 bits per heavy atom. The topological polar surface area (TPSA) is 46.6 Å². The fraction of sp³-hybridized carbons (Fsp3) is 0.125. The molecule has 0 unspecified atom stereocenters. The van der Waals surface area contributed by atoms with Gasteiger partial charge in [0, 0.05) is 6.07 Å². The third-order valence-electron chi connectivity index (χ3n) is 3.18. The standard InChI is InChI=1S/C16H14BrF2NO3S/c1-3-8-20(15-6-4-11(18)9-14(15)19)24(21,22)12-5-7-16(23-2)13(17)10-12/h3-7,9-10H,1,8H2,2H3. The molecule has 0 N–H and O–H groups in total. The molecule has 4 nitrogen and oxygen atoms in total. The number of nitrogens with zero attached hydrogens (tertiary/aromatic N) is 1. The summed E-state index contributed by atoms with van der Waals surface area (Å²) in [7, 11) is -2.63. The number of halogens is 3. The summed E-state index contributed by atoms with van der Waals surface area (Å²) in [5.74, 6) is -1.32. The van der Waals surface area contributed by atoms with Gasteiger partial charge in [0.2, 0.25) is 0 Å². The van der Waals surface area contributed by atoms with Crippen molar-refractivity contribution in [3.63, 3.8) is 0 Å². The maximum Gasteiger partial charge on any atom is 0.264 e. The van der Waals surface area contributed by atoms with E-state index in [0.717, 1.165) is 16.4 Å². The van der Waals surface area contributed by atoms with Crippen molar-refractivity contribution < 1.29 is 21.9 Å². The molecule has 2 rings (SSSR count). The summed E-state index contributed by atoms with van der Waals surface area (Å²) in [6, 6.07) is 6.87. The normalized spacial score (nSPS) is 11.2. The lowest BCUT2D eigenvalue weighted by Crippen LogP contribution is -2.32. The Morgan fingerprint density at radius 3 is 2.50 bits per heavy atom. The molecule has 24 heavy (non-hydrogen) atoms. The third kappa shape index (κ3) is 3.59. The zero-order valence-corrected chi connectivity index (χ0v) is 15.1. The first-order valence-electron chi connectivity index (χ1n) is 6.73. The highest BCUT2D eigenvalue weighted by Crippen LogP contribution is 2.31. The highest BCUT2D eigenvalue weighted by molar-refractivity contribution is 9.10. The molecule has 128 valence electrons. The lowest BCUT2D eigenvalue weighted by molar-refractivity contribution is 0.411. The Balaban J connectivity index is 2.57. The molecule has 0 radical (unpaired) electrons. The third-order valence-corrected chi connectivity index (χ3v) is 5.58. The van der Waals surface area contributed by atoms with Crippen molar-refractivity contribution >= 4 is 31.6 Å². The second-order valence-corrected chi connectivity index (χ2v) is 7.43. The zero-order valence-electron chi connectivity index (χ0n) is 12.7. The number of hydrogen-bond acceptors (Lipinski definition) is 3. The van der Waals surface area contributed by atoms with E-state index in [4.69, 9.17) is 4.74 Å². The molecule has 0 atom stereocenters. The fourth-order valence-electron chi connectivity index (χ4n) is 2.06. The van der Waals surface area contributed by atoms with Gasteiger partial charge in [-0.3, -0.25) is 4.31 Å². The van der Waals surface area contributed by atoms with Crippen LogP contribution < -0.4 is 9.04 Å².